The van der Waals surface area contributed by atoms with E-state index in [0.717, 1.165) is 0 Å². The van der Waals surface area contributed by atoms with Crippen LogP contribution in [0.15, 0.2) is 47.8 Å². The Balaban J connectivity index is 2.10. The highest BCUT2D eigenvalue weighted by molar-refractivity contribution is 7.17. The van der Waals surface area contributed by atoms with Crippen LogP contribution < -0.4 is 5.73 Å². The molecule has 3 aromatic rings. The molecule has 1 aromatic heterocycles. The molecule has 1 nitrogen and oxygen atoms in total. The quantitative estimate of drug-likeness (QED) is 0.723. The molecule has 0 amide bonds. The van der Waals surface area contributed by atoms with Gasteiger partial charge >= 0.3 is 0 Å². The minimum absolute atomic E-state index is 0.0540. The van der Waals surface area contributed by atoms with Crippen molar-refractivity contribution in [1.82, 2.24) is 0 Å². The Hall–Kier alpha value is -1.64. The maximum absolute atomic E-state index is 6.47. The van der Waals surface area contributed by atoms with Crippen molar-refractivity contribution in [2.75, 3.05) is 0 Å². The molecule has 1 heterocycles. The van der Waals surface area contributed by atoms with Gasteiger partial charge in [-0.05, 0) is 52.9 Å². The van der Waals surface area contributed by atoms with Gasteiger partial charge in [-0.2, -0.15) is 0 Å². The van der Waals surface area contributed by atoms with Crippen molar-refractivity contribution in [3.8, 4) is 0 Å². The number of benzene rings is 2. The van der Waals surface area contributed by atoms with E-state index in [-0.39, 0.29) is 6.04 Å². The fourth-order valence-electron chi connectivity index (χ4n) is 2.40. The third-order valence-electron chi connectivity index (χ3n) is 3.73. The second-order valence-corrected chi connectivity index (χ2v) is 5.92. The Labute approximate surface area is 117 Å². The van der Waals surface area contributed by atoms with E-state index in [9.17, 15) is 0 Å². The molecule has 0 radical (unpaired) electrons. The third-order valence-corrected chi connectivity index (χ3v) is 4.71. The van der Waals surface area contributed by atoms with Crippen LogP contribution in [0.25, 0.3) is 10.1 Å². The second kappa shape index (κ2) is 4.80. The fraction of sp³-hybridized carbons (Fsp3) is 0.176. The van der Waals surface area contributed by atoms with E-state index in [4.69, 9.17) is 5.73 Å². The molecule has 0 spiro atoms. The summed E-state index contributed by atoms with van der Waals surface area (Å²) >= 11 is 1.76. The molecule has 0 aliphatic heterocycles. The van der Waals surface area contributed by atoms with E-state index in [1.54, 1.807) is 11.3 Å². The van der Waals surface area contributed by atoms with E-state index in [1.807, 2.05) is 0 Å². The number of aryl methyl sites for hydroxylation is 2. The lowest BCUT2D eigenvalue weighted by atomic mass is 9.96. The highest BCUT2D eigenvalue weighted by atomic mass is 32.1. The van der Waals surface area contributed by atoms with Crippen molar-refractivity contribution < 1.29 is 0 Å². The third kappa shape index (κ3) is 2.18. The second-order valence-electron chi connectivity index (χ2n) is 5.01. The molecule has 3 rings (SSSR count). The molecule has 0 saturated carbocycles. The number of fused-ring (bicyclic) bond motifs is 1. The van der Waals surface area contributed by atoms with Crippen LogP contribution >= 0.6 is 11.3 Å². The van der Waals surface area contributed by atoms with Gasteiger partial charge < -0.3 is 5.73 Å². The van der Waals surface area contributed by atoms with Gasteiger partial charge in [-0.3, -0.25) is 0 Å². The first-order valence-electron chi connectivity index (χ1n) is 6.45. The van der Waals surface area contributed by atoms with Crippen molar-refractivity contribution in [2.45, 2.75) is 19.9 Å². The molecule has 0 fully saturated rings. The SMILES string of the molecule is Cc1ccc(C(N)c2cccc3ccsc23)cc1C. The number of thiophene rings is 1. The Morgan fingerprint density at radius 2 is 1.84 bits per heavy atom. The van der Waals surface area contributed by atoms with Crippen LogP contribution in [0.3, 0.4) is 0 Å². The first-order valence-corrected chi connectivity index (χ1v) is 7.33. The maximum Gasteiger partial charge on any atom is 0.0565 e. The lowest BCUT2D eigenvalue weighted by Gasteiger charge is -2.15. The van der Waals surface area contributed by atoms with E-state index in [2.05, 4.69) is 61.7 Å². The Bertz CT molecular complexity index is 727. The summed E-state index contributed by atoms with van der Waals surface area (Å²) < 4.78 is 1.30. The van der Waals surface area contributed by atoms with Crippen LogP contribution in [-0.4, -0.2) is 0 Å². The van der Waals surface area contributed by atoms with Gasteiger partial charge in [0.25, 0.3) is 0 Å². The number of hydrogen-bond donors (Lipinski definition) is 1. The van der Waals surface area contributed by atoms with E-state index >= 15 is 0 Å². The van der Waals surface area contributed by atoms with Gasteiger partial charge in [0.15, 0.2) is 0 Å². The zero-order chi connectivity index (χ0) is 13.4. The molecule has 1 atom stereocenters. The number of nitrogens with two attached hydrogens (primary N) is 1. The molecule has 0 bridgehead atoms. The van der Waals surface area contributed by atoms with Crippen molar-refractivity contribution in [2.24, 2.45) is 5.73 Å². The molecule has 0 aliphatic rings. The Kier molecular flexibility index (Phi) is 3.13. The van der Waals surface area contributed by atoms with Gasteiger partial charge in [-0.25, -0.2) is 0 Å². The summed E-state index contributed by atoms with van der Waals surface area (Å²) in [5.74, 6) is 0. The smallest absolute Gasteiger partial charge is 0.0565 e. The molecule has 2 N–H and O–H groups in total. The predicted molar refractivity (Wildman–Crippen MR) is 83.8 cm³/mol. The minimum Gasteiger partial charge on any atom is -0.320 e. The lowest BCUT2D eigenvalue weighted by Crippen LogP contribution is -2.12. The van der Waals surface area contributed by atoms with Crippen LogP contribution in [0.5, 0.6) is 0 Å². The molecule has 96 valence electrons. The van der Waals surface area contributed by atoms with Gasteiger partial charge in [0.1, 0.15) is 0 Å². The molecule has 0 saturated heterocycles. The van der Waals surface area contributed by atoms with Crippen molar-refractivity contribution in [3.63, 3.8) is 0 Å². The highest BCUT2D eigenvalue weighted by Gasteiger charge is 2.13. The maximum atomic E-state index is 6.47. The van der Waals surface area contributed by atoms with Crippen LogP contribution in [-0.2, 0) is 0 Å². The van der Waals surface area contributed by atoms with Gasteiger partial charge in [0.2, 0.25) is 0 Å². The Morgan fingerprint density at radius 3 is 2.63 bits per heavy atom. The molecular weight excluding hydrogens is 250 g/mol. The van der Waals surface area contributed by atoms with Gasteiger partial charge in [-0.15, -0.1) is 11.3 Å². The highest BCUT2D eigenvalue weighted by Crippen LogP contribution is 2.31. The summed E-state index contributed by atoms with van der Waals surface area (Å²) in [6.07, 6.45) is 0. The van der Waals surface area contributed by atoms with Crippen LogP contribution in [0, 0.1) is 13.8 Å². The van der Waals surface area contributed by atoms with Gasteiger partial charge in [0, 0.05) is 4.70 Å². The topological polar surface area (TPSA) is 26.0 Å². The van der Waals surface area contributed by atoms with Gasteiger partial charge in [0.05, 0.1) is 6.04 Å². The van der Waals surface area contributed by atoms with Crippen LogP contribution in [0.2, 0.25) is 0 Å². The average Bonchev–Trinajstić information content (AvgIpc) is 2.89. The summed E-state index contributed by atoms with van der Waals surface area (Å²) in [6, 6.07) is 15.0. The predicted octanol–water partition coefficient (Wildman–Crippen LogP) is 4.57. The molecule has 2 aromatic carbocycles. The minimum atomic E-state index is -0.0540. The molecule has 2 heteroatoms. The van der Waals surface area contributed by atoms with Crippen molar-refractivity contribution in [3.05, 3.63) is 70.1 Å². The zero-order valence-electron chi connectivity index (χ0n) is 11.2. The van der Waals surface area contributed by atoms with Crippen molar-refractivity contribution in [1.29, 1.82) is 0 Å². The summed E-state index contributed by atoms with van der Waals surface area (Å²) in [7, 11) is 0. The van der Waals surface area contributed by atoms with Crippen LogP contribution in [0.4, 0.5) is 0 Å². The summed E-state index contributed by atoms with van der Waals surface area (Å²) in [6.45, 7) is 4.27. The molecule has 19 heavy (non-hydrogen) atoms. The first kappa shape index (κ1) is 12.4. The normalized spacial score (nSPS) is 12.8. The first-order chi connectivity index (χ1) is 9.16. The summed E-state index contributed by atoms with van der Waals surface area (Å²) in [5.41, 5.74) is 11.5. The van der Waals surface area contributed by atoms with E-state index in [0.29, 0.717) is 0 Å². The largest absolute Gasteiger partial charge is 0.320 e. The van der Waals surface area contributed by atoms with Gasteiger partial charge in [-0.1, -0.05) is 36.4 Å². The summed E-state index contributed by atoms with van der Waals surface area (Å²) in [5, 5.41) is 3.41. The van der Waals surface area contributed by atoms with Crippen molar-refractivity contribution >= 4 is 21.4 Å². The fourth-order valence-corrected chi connectivity index (χ4v) is 3.35. The standard InChI is InChI=1S/C17H17NS/c1-11-6-7-14(10-12(11)2)16(18)15-5-3-4-13-8-9-19-17(13)15/h3-10,16H,18H2,1-2H3. The number of rotatable bonds is 2. The zero-order valence-corrected chi connectivity index (χ0v) is 12.0. The van der Waals surface area contributed by atoms with Crippen LogP contribution in [0.1, 0.15) is 28.3 Å². The van der Waals surface area contributed by atoms with E-state index in [1.165, 1.54) is 32.3 Å². The van der Waals surface area contributed by atoms with E-state index < -0.39 is 0 Å². The lowest BCUT2D eigenvalue weighted by molar-refractivity contribution is 0.879. The molecule has 1 unspecified atom stereocenters. The Morgan fingerprint density at radius 1 is 1.00 bits per heavy atom. The monoisotopic (exact) mass is 267 g/mol. The summed E-state index contributed by atoms with van der Waals surface area (Å²) in [4.78, 5) is 0. The number of hydrogen-bond acceptors (Lipinski definition) is 2. The average molecular weight is 267 g/mol. The molecule has 0 aliphatic carbocycles. The molecular formula is C17H17NS.